The summed E-state index contributed by atoms with van der Waals surface area (Å²) in [4.78, 5) is 23.5. The van der Waals surface area contributed by atoms with E-state index in [0.29, 0.717) is 4.88 Å². The van der Waals surface area contributed by atoms with Gasteiger partial charge in [-0.15, -0.1) is 11.3 Å². The first-order valence-electron chi connectivity index (χ1n) is 6.04. The van der Waals surface area contributed by atoms with Gasteiger partial charge in [0, 0.05) is 6.04 Å². The van der Waals surface area contributed by atoms with E-state index in [2.05, 4.69) is 19.2 Å². The molecule has 0 spiro atoms. The highest BCUT2D eigenvalue weighted by Gasteiger charge is 2.35. The Morgan fingerprint density at radius 3 is 2.56 bits per heavy atom. The number of hydrogen-bond donors (Lipinski definition) is 2. The third-order valence-corrected chi connectivity index (χ3v) is 4.68. The topological polar surface area (TPSA) is 66.4 Å². The number of carbonyl (C=O) groups is 2. The molecule has 1 aromatic rings. The fourth-order valence-electron chi connectivity index (χ4n) is 2.40. The van der Waals surface area contributed by atoms with E-state index in [1.54, 1.807) is 6.07 Å². The van der Waals surface area contributed by atoms with Gasteiger partial charge in [-0.3, -0.25) is 4.79 Å². The number of carboxylic acids is 1. The van der Waals surface area contributed by atoms with E-state index in [1.165, 1.54) is 6.07 Å². The van der Waals surface area contributed by atoms with Crippen LogP contribution in [0, 0.1) is 5.41 Å². The van der Waals surface area contributed by atoms with Gasteiger partial charge in [-0.05, 0) is 30.4 Å². The summed E-state index contributed by atoms with van der Waals surface area (Å²) in [6.45, 7) is 4.31. The molecule has 2 N–H and O–H groups in total. The normalized spacial score (nSPS) is 21.8. The summed E-state index contributed by atoms with van der Waals surface area (Å²) in [6.07, 6.45) is 3.24. The van der Waals surface area contributed by atoms with Crippen molar-refractivity contribution in [2.24, 2.45) is 5.41 Å². The zero-order chi connectivity index (χ0) is 13.3. The molecule has 98 valence electrons. The van der Waals surface area contributed by atoms with Crippen LogP contribution in [-0.4, -0.2) is 23.0 Å². The van der Waals surface area contributed by atoms with Crippen molar-refractivity contribution in [3.8, 4) is 0 Å². The maximum Gasteiger partial charge on any atom is 0.345 e. The molecule has 18 heavy (non-hydrogen) atoms. The minimum absolute atomic E-state index is 0.128. The molecule has 0 radical (unpaired) electrons. The smallest absolute Gasteiger partial charge is 0.345 e. The van der Waals surface area contributed by atoms with E-state index in [-0.39, 0.29) is 22.2 Å². The van der Waals surface area contributed by atoms with Crippen LogP contribution < -0.4 is 5.32 Å². The number of thiophene rings is 1. The number of aromatic carboxylic acids is 1. The standard InChI is InChI=1S/C13H17NO3S/c1-13(2)7-3-4-10(13)14-11(15)8-5-6-9(18-8)12(16)17/h5-6,10H,3-4,7H2,1-2H3,(H,14,15)(H,16,17). The van der Waals surface area contributed by atoms with Gasteiger partial charge < -0.3 is 10.4 Å². The average Bonchev–Trinajstić information content (AvgIpc) is 2.86. The largest absolute Gasteiger partial charge is 0.477 e. The summed E-state index contributed by atoms with van der Waals surface area (Å²) >= 11 is 1.02. The highest BCUT2D eigenvalue weighted by Crippen LogP contribution is 2.37. The molecule has 1 saturated carbocycles. The van der Waals surface area contributed by atoms with Crippen LogP contribution in [0.25, 0.3) is 0 Å². The Morgan fingerprint density at radius 1 is 1.39 bits per heavy atom. The van der Waals surface area contributed by atoms with Crippen LogP contribution in [-0.2, 0) is 0 Å². The summed E-state index contributed by atoms with van der Waals surface area (Å²) in [6, 6.07) is 3.23. The molecule has 0 aliphatic heterocycles. The van der Waals surface area contributed by atoms with E-state index in [0.717, 1.165) is 30.6 Å². The van der Waals surface area contributed by atoms with Crippen LogP contribution in [0.5, 0.6) is 0 Å². The Balaban J connectivity index is 2.05. The van der Waals surface area contributed by atoms with Crippen LogP contribution in [0.4, 0.5) is 0 Å². The number of carbonyl (C=O) groups excluding carboxylic acids is 1. The third-order valence-electron chi connectivity index (χ3n) is 3.60. The minimum atomic E-state index is -0.986. The fraction of sp³-hybridized carbons (Fsp3) is 0.538. The summed E-state index contributed by atoms with van der Waals surface area (Å²) in [5.74, 6) is -1.15. The zero-order valence-electron chi connectivity index (χ0n) is 10.5. The molecule has 1 aliphatic carbocycles. The van der Waals surface area contributed by atoms with E-state index in [4.69, 9.17) is 5.11 Å². The molecule has 1 aromatic heterocycles. The molecule has 1 fully saturated rings. The van der Waals surface area contributed by atoms with Gasteiger partial charge >= 0.3 is 5.97 Å². The molecule has 0 bridgehead atoms. The maximum atomic E-state index is 12.0. The van der Waals surface area contributed by atoms with Gasteiger partial charge in [0.1, 0.15) is 4.88 Å². The van der Waals surface area contributed by atoms with E-state index < -0.39 is 5.97 Å². The van der Waals surface area contributed by atoms with Crippen molar-refractivity contribution in [2.45, 2.75) is 39.2 Å². The van der Waals surface area contributed by atoms with Gasteiger partial charge in [0.25, 0.3) is 5.91 Å². The maximum absolute atomic E-state index is 12.0. The second-order valence-corrected chi connectivity index (χ2v) is 6.46. The number of hydrogen-bond acceptors (Lipinski definition) is 3. The molecule has 2 rings (SSSR count). The van der Waals surface area contributed by atoms with Crippen molar-refractivity contribution in [3.05, 3.63) is 21.9 Å². The molecular formula is C13H17NO3S. The van der Waals surface area contributed by atoms with Crippen molar-refractivity contribution in [1.29, 1.82) is 0 Å². The summed E-state index contributed by atoms with van der Waals surface area (Å²) in [5.41, 5.74) is 0.128. The van der Waals surface area contributed by atoms with E-state index in [9.17, 15) is 9.59 Å². The van der Waals surface area contributed by atoms with Gasteiger partial charge in [0.2, 0.25) is 0 Å². The average molecular weight is 267 g/mol. The van der Waals surface area contributed by atoms with Gasteiger partial charge in [-0.1, -0.05) is 20.3 Å². The zero-order valence-corrected chi connectivity index (χ0v) is 11.3. The van der Waals surface area contributed by atoms with Crippen LogP contribution in [0.3, 0.4) is 0 Å². The molecule has 0 aromatic carbocycles. The molecule has 1 aliphatic rings. The Labute approximate surface area is 110 Å². The Bertz CT molecular complexity index is 478. The lowest BCUT2D eigenvalue weighted by Gasteiger charge is -2.27. The lowest BCUT2D eigenvalue weighted by molar-refractivity contribution is 0.0702. The van der Waals surface area contributed by atoms with E-state index >= 15 is 0 Å². The number of nitrogens with one attached hydrogen (secondary N) is 1. The van der Waals surface area contributed by atoms with Gasteiger partial charge in [0.15, 0.2) is 0 Å². The fourth-order valence-corrected chi connectivity index (χ4v) is 3.15. The van der Waals surface area contributed by atoms with Gasteiger partial charge in [-0.25, -0.2) is 4.79 Å². The van der Waals surface area contributed by atoms with Gasteiger partial charge in [0.05, 0.1) is 4.88 Å². The van der Waals surface area contributed by atoms with Crippen molar-refractivity contribution >= 4 is 23.2 Å². The molecule has 1 atom stereocenters. The van der Waals surface area contributed by atoms with Crippen LogP contribution in [0.1, 0.15) is 52.5 Å². The second kappa shape index (κ2) is 4.72. The highest BCUT2D eigenvalue weighted by atomic mass is 32.1. The predicted molar refractivity (Wildman–Crippen MR) is 70.2 cm³/mol. The number of rotatable bonds is 3. The third kappa shape index (κ3) is 2.56. The molecule has 1 heterocycles. The predicted octanol–water partition coefficient (Wildman–Crippen LogP) is 2.75. The molecule has 1 unspecified atom stereocenters. The highest BCUT2D eigenvalue weighted by molar-refractivity contribution is 7.15. The van der Waals surface area contributed by atoms with Crippen LogP contribution in [0.15, 0.2) is 12.1 Å². The minimum Gasteiger partial charge on any atom is -0.477 e. The number of amides is 1. The number of carboxylic acid groups (broad SMARTS) is 1. The quantitative estimate of drug-likeness (QED) is 0.885. The lowest BCUT2D eigenvalue weighted by atomic mass is 9.87. The second-order valence-electron chi connectivity index (χ2n) is 5.38. The lowest BCUT2D eigenvalue weighted by Crippen LogP contribution is -2.41. The van der Waals surface area contributed by atoms with Crippen LogP contribution >= 0.6 is 11.3 Å². The Hall–Kier alpha value is -1.36. The summed E-state index contributed by atoms with van der Waals surface area (Å²) < 4.78 is 0. The van der Waals surface area contributed by atoms with Crippen LogP contribution in [0.2, 0.25) is 0 Å². The van der Waals surface area contributed by atoms with Crippen molar-refractivity contribution in [3.63, 3.8) is 0 Å². The summed E-state index contributed by atoms with van der Waals surface area (Å²) in [5, 5.41) is 11.8. The van der Waals surface area contributed by atoms with Crippen molar-refractivity contribution in [2.75, 3.05) is 0 Å². The van der Waals surface area contributed by atoms with E-state index in [1.807, 2.05) is 0 Å². The van der Waals surface area contributed by atoms with Gasteiger partial charge in [-0.2, -0.15) is 0 Å². The molecule has 4 nitrogen and oxygen atoms in total. The van der Waals surface area contributed by atoms with Crippen molar-refractivity contribution in [1.82, 2.24) is 5.32 Å². The Kier molecular flexibility index (Phi) is 3.43. The Morgan fingerprint density at radius 2 is 2.06 bits per heavy atom. The molecule has 5 heteroatoms. The monoisotopic (exact) mass is 267 g/mol. The molecule has 1 amide bonds. The SMILES string of the molecule is CC1(C)CCCC1NC(=O)c1ccc(C(=O)O)s1. The molecule has 0 saturated heterocycles. The first-order chi connectivity index (χ1) is 8.40. The summed E-state index contributed by atoms with van der Waals surface area (Å²) in [7, 11) is 0. The molecular weight excluding hydrogens is 250 g/mol. The van der Waals surface area contributed by atoms with Crippen molar-refractivity contribution < 1.29 is 14.7 Å². The first-order valence-corrected chi connectivity index (χ1v) is 6.86. The first kappa shape index (κ1) is 13.1.